The summed E-state index contributed by atoms with van der Waals surface area (Å²) in [5.41, 5.74) is -1.04. The van der Waals surface area contributed by atoms with E-state index in [1.54, 1.807) is 20.8 Å². The van der Waals surface area contributed by atoms with Crippen LogP contribution in [0.3, 0.4) is 0 Å². The molecule has 0 unspecified atom stereocenters. The van der Waals surface area contributed by atoms with Gasteiger partial charge < -0.3 is 19.9 Å². The maximum absolute atomic E-state index is 13.6. The third kappa shape index (κ3) is 6.29. The number of hydrogen-bond donors (Lipinski definition) is 2. The topological polar surface area (TPSA) is 84.9 Å². The minimum atomic E-state index is -1.42. The summed E-state index contributed by atoms with van der Waals surface area (Å²) in [6.45, 7) is 3.91. The van der Waals surface area contributed by atoms with Crippen molar-refractivity contribution in [1.29, 1.82) is 0 Å². The molecule has 1 rings (SSSR count). The molecule has 0 aliphatic heterocycles. The standard InChI is InChI=1S/C15H18ClF2NO5/c1-15(2,3)24-14(22)19-11(13(20)21)7-23-6-8-9(17)4-5-10(18)12(8)16/h4-5,11H,6-7H2,1-3H3,(H,19,22)(H,20,21)/t11-/m1/s1. The van der Waals surface area contributed by atoms with Crippen LogP contribution < -0.4 is 5.32 Å². The highest BCUT2D eigenvalue weighted by atomic mass is 35.5. The van der Waals surface area contributed by atoms with E-state index in [0.29, 0.717) is 0 Å². The molecule has 0 aromatic heterocycles. The average Bonchev–Trinajstić information content (AvgIpc) is 2.43. The largest absolute Gasteiger partial charge is 0.480 e. The predicted octanol–water partition coefficient (Wildman–Crippen LogP) is 3.11. The molecule has 6 nitrogen and oxygen atoms in total. The van der Waals surface area contributed by atoms with E-state index in [2.05, 4.69) is 5.32 Å². The summed E-state index contributed by atoms with van der Waals surface area (Å²) in [5.74, 6) is -2.97. The van der Waals surface area contributed by atoms with Crippen LogP contribution in [0.2, 0.25) is 5.02 Å². The number of amides is 1. The summed E-state index contributed by atoms with van der Waals surface area (Å²) in [4.78, 5) is 22.7. The van der Waals surface area contributed by atoms with Gasteiger partial charge in [0.2, 0.25) is 0 Å². The summed E-state index contributed by atoms with van der Waals surface area (Å²) < 4.78 is 36.8. The van der Waals surface area contributed by atoms with Crippen LogP contribution in [0.5, 0.6) is 0 Å². The van der Waals surface area contributed by atoms with Gasteiger partial charge in [-0.25, -0.2) is 18.4 Å². The van der Waals surface area contributed by atoms with E-state index in [1.165, 1.54) is 0 Å². The lowest BCUT2D eigenvalue weighted by Gasteiger charge is -2.22. The molecule has 0 saturated carbocycles. The molecule has 24 heavy (non-hydrogen) atoms. The van der Waals surface area contributed by atoms with Crippen LogP contribution in [-0.2, 0) is 20.9 Å². The first kappa shape index (κ1) is 20.1. The molecule has 2 N–H and O–H groups in total. The van der Waals surface area contributed by atoms with Crippen LogP contribution in [0.25, 0.3) is 0 Å². The average molecular weight is 366 g/mol. The number of halogens is 3. The first-order valence-electron chi connectivity index (χ1n) is 6.93. The molecule has 0 aliphatic carbocycles. The number of carboxylic acids is 1. The van der Waals surface area contributed by atoms with Gasteiger partial charge in [0.25, 0.3) is 0 Å². The lowest BCUT2D eigenvalue weighted by molar-refractivity contribution is -0.141. The van der Waals surface area contributed by atoms with Crippen LogP contribution in [0.15, 0.2) is 12.1 Å². The molecule has 0 radical (unpaired) electrons. The summed E-state index contributed by atoms with van der Waals surface area (Å²) in [7, 11) is 0. The number of aliphatic carboxylic acids is 1. The van der Waals surface area contributed by atoms with Gasteiger partial charge in [0, 0.05) is 5.56 Å². The molecule has 134 valence electrons. The fourth-order valence-corrected chi connectivity index (χ4v) is 1.81. The number of carbonyl (C=O) groups excluding carboxylic acids is 1. The van der Waals surface area contributed by atoms with E-state index >= 15 is 0 Å². The zero-order valence-corrected chi connectivity index (χ0v) is 14.1. The van der Waals surface area contributed by atoms with Gasteiger partial charge in [0.15, 0.2) is 6.04 Å². The molecule has 0 saturated heterocycles. The quantitative estimate of drug-likeness (QED) is 0.757. The predicted molar refractivity (Wildman–Crippen MR) is 81.8 cm³/mol. The van der Waals surface area contributed by atoms with Gasteiger partial charge in [-0.15, -0.1) is 0 Å². The van der Waals surface area contributed by atoms with E-state index in [4.69, 9.17) is 26.2 Å². The molecule has 1 aromatic rings. The smallest absolute Gasteiger partial charge is 0.408 e. The molecule has 0 fully saturated rings. The molecule has 0 bridgehead atoms. The highest BCUT2D eigenvalue weighted by Crippen LogP contribution is 2.23. The molecular weight excluding hydrogens is 348 g/mol. The van der Waals surface area contributed by atoms with Crippen molar-refractivity contribution in [2.24, 2.45) is 0 Å². The van der Waals surface area contributed by atoms with Crippen molar-refractivity contribution in [3.63, 3.8) is 0 Å². The molecule has 9 heteroatoms. The Morgan fingerprint density at radius 3 is 2.42 bits per heavy atom. The van der Waals surface area contributed by atoms with Gasteiger partial charge in [0.05, 0.1) is 18.2 Å². The third-order valence-corrected chi connectivity index (χ3v) is 3.07. The Morgan fingerprint density at radius 2 is 1.88 bits per heavy atom. The number of hydrogen-bond acceptors (Lipinski definition) is 4. The normalized spacial score (nSPS) is 12.6. The molecule has 1 aromatic carbocycles. The van der Waals surface area contributed by atoms with E-state index < -0.39 is 53.6 Å². The van der Waals surface area contributed by atoms with Gasteiger partial charge in [0.1, 0.15) is 17.2 Å². The summed E-state index contributed by atoms with van der Waals surface area (Å²) in [6, 6.07) is 0.328. The monoisotopic (exact) mass is 365 g/mol. The fraction of sp³-hybridized carbons (Fsp3) is 0.467. The van der Waals surface area contributed by atoms with E-state index in [1.807, 2.05) is 0 Å². The first-order valence-corrected chi connectivity index (χ1v) is 7.31. The number of ether oxygens (including phenoxy) is 2. The highest BCUT2D eigenvalue weighted by molar-refractivity contribution is 6.31. The number of carbonyl (C=O) groups is 2. The molecule has 1 atom stereocenters. The second-order valence-electron chi connectivity index (χ2n) is 5.87. The lowest BCUT2D eigenvalue weighted by atomic mass is 10.2. The zero-order chi connectivity index (χ0) is 18.5. The van der Waals surface area contributed by atoms with Crippen LogP contribution in [0.1, 0.15) is 26.3 Å². The number of carboxylic acid groups (broad SMARTS) is 1. The Balaban J connectivity index is 2.64. The van der Waals surface area contributed by atoms with Crippen molar-refractivity contribution >= 4 is 23.7 Å². The first-order chi connectivity index (χ1) is 11.0. The summed E-state index contributed by atoms with van der Waals surface area (Å²) >= 11 is 5.63. The molecule has 0 heterocycles. The van der Waals surface area contributed by atoms with Gasteiger partial charge in [-0.05, 0) is 32.9 Å². The Bertz CT molecular complexity index is 619. The maximum Gasteiger partial charge on any atom is 0.408 e. The third-order valence-electron chi connectivity index (χ3n) is 2.66. The zero-order valence-electron chi connectivity index (χ0n) is 13.4. The van der Waals surface area contributed by atoms with Crippen molar-refractivity contribution in [2.45, 2.75) is 39.0 Å². The number of nitrogens with one attached hydrogen (secondary N) is 1. The van der Waals surface area contributed by atoms with Crippen LogP contribution in [0.4, 0.5) is 13.6 Å². The highest BCUT2D eigenvalue weighted by Gasteiger charge is 2.24. The van der Waals surface area contributed by atoms with E-state index in [0.717, 1.165) is 12.1 Å². The van der Waals surface area contributed by atoms with Crippen molar-refractivity contribution in [3.8, 4) is 0 Å². The van der Waals surface area contributed by atoms with E-state index in [9.17, 15) is 18.4 Å². The van der Waals surface area contributed by atoms with Crippen molar-refractivity contribution in [1.82, 2.24) is 5.32 Å². The molecule has 1 amide bonds. The van der Waals surface area contributed by atoms with Crippen LogP contribution in [0, 0.1) is 11.6 Å². The summed E-state index contributed by atoms with van der Waals surface area (Å²) in [5, 5.41) is 10.7. The molecule has 0 aliphatic rings. The number of benzene rings is 1. The van der Waals surface area contributed by atoms with Gasteiger partial charge in [-0.2, -0.15) is 0 Å². The Kier molecular flexibility index (Phi) is 6.92. The summed E-state index contributed by atoms with van der Waals surface area (Å²) in [6.07, 6.45) is -0.937. The molecule has 0 spiro atoms. The van der Waals surface area contributed by atoms with Crippen LogP contribution in [-0.4, -0.2) is 35.4 Å². The maximum atomic E-state index is 13.6. The number of alkyl carbamates (subject to hydrolysis) is 1. The van der Waals surface area contributed by atoms with E-state index in [-0.39, 0.29) is 5.56 Å². The second-order valence-corrected chi connectivity index (χ2v) is 6.25. The minimum absolute atomic E-state index is 0.238. The van der Waals surface area contributed by atoms with Crippen molar-refractivity contribution in [3.05, 3.63) is 34.4 Å². The Morgan fingerprint density at radius 1 is 1.29 bits per heavy atom. The Hall–Kier alpha value is -1.93. The van der Waals surface area contributed by atoms with Gasteiger partial charge in [-0.1, -0.05) is 11.6 Å². The molecular formula is C15H18ClF2NO5. The second kappa shape index (κ2) is 8.25. The van der Waals surface area contributed by atoms with Gasteiger partial charge >= 0.3 is 12.1 Å². The lowest BCUT2D eigenvalue weighted by Crippen LogP contribution is -2.46. The number of rotatable bonds is 6. The Labute approximate surface area is 142 Å². The minimum Gasteiger partial charge on any atom is -0.480 e. The fourth-order valence-electron chi connectivity index (χ4n) is 1.60. The SMILES string of the molecule is CC(C)(C)OC(=O)N[C@H](COCc1c(F)ccc(F)c1Cl)C(=O)O. The van der Waals surface area contributed by atoms with Crippen molar-refractivity contribution in [2.75, 3.05) is 6.61 Å². The van der Waals surface area contributed by atoms with Crippen molar-refractivity contribution < 1.29 is 33.0 Å². The van der Waals surface area contributed by atoms with Gasteiger partial charge in [-0.3, -0.25) is 0 Å². The van der Waals surface area contributed by atoms with Crippen LogP contribution >= 0.6 is 11.6 Å².